The number of anilines is 1. The Morgan fingerprint density at radius 1 is 0.831 bits per heavy atom. The van der Waals surface area contributed by atoms with Crippen molar-refractivity contribution in [1.82, 2.24) is 10.2 Å². The number of ether oxygens (including phenoxy) is 3. The maximum absolute atomic E-state index is 15.8. The van der Waals surface area contributed by atoms with Crippen molar-refractivity contribution >= 4 is 32.1 Å². The number of carbonyl (C=O) groups is 3. The second-order valence-corrected chi connectivity index (χ2v) is 23.5. The molecule has 14 heteroatoms. The fourth-order valence-electron chi connectivity index (χ4n) is 6.57. The average Bonchev–Trinajstić information content (AvgIpc) is 3.10. The predicted octanol–water partition coefficient (Wildman–Crippen LogP) is 10.1. The van der Waals surface area contributed by atoms with E-state index in [1.54, 1.807) is 52.5 Å². The normalized spacial score (nSPS) is 18.3. The Balaban J connectivity index is 1.63. The van der Waals surface area contributed by atoms with Crippen LogP contribution >= 0.6 is 0 Å². The minimum atomic E-state index is -2.18. The Bertz CT molecular complexity index is 1860. The van der Waals surface area contributed by atoms with Crippen molar-refractivity contribution in [3.63, 3.8) is 0 Å². The fourth-order valence-corrected chi connectivity index (χ4v) is 7.59. The number of benzene rings is 3. The molecular weight excluding hydrogens is 780 g/mol. The molecule has 1 saturated heterocycles. The summed E-state index contributed by atoms with van der Waals surface area (Å²) in [7, 11) is -2.18. The van der Waals surface area contributed by atoms with Gasteiger partial charge < -0.3 is 29.3 Å². The molecule has 10 nitrogen and oxygen atoms in total. The van der Waals surface area contributed by atoms with Gasteiger partial charge in [-0.05, 0) is 127 Å². The SMILES string of the molecule is C[C@@H]1O[C@H](CCc2c(F)cccc2NC(=O)[C@@H](NC(=O)OC(C)(C)C)C(c2ccc(F)cc2)c2ccc(F)cc2)CN(C(=O)OC(C)(C)C)[C@@H]1CO[Si](C)(C)C(C)(C)C. The molecule has 3 aromatic carbocycles. The number of hydrogen-bond donors (Lipinski definition) is 2. The molecule has 0 radical (unpaired) electrons. The highest BCUT2D eigenvalue weighted by Gasteiger charge is 2.43. The number of rotatable bonds is 12. The van der Waals surface area contributed by atoms with E-state index in [0.29, 0.717) is 11.1 Å². The van der Waals surface area contributed by atoms with Crippen LogP contribution in [0.15, 0.2) is 66.7 Å². The number of nitrogens with zero attached hydrogens (tertiary/aromatic N) is 1. The first-order valence-electron chi connectivity index (χ1n) is 20.1. The lowest BCUT2D eigenvalue weighted by atomic mass is 9.84. The highest BCUT2D eigenvalue weighted by molar-refractivity contribution is 6.74. The molecule has 0 aromatic heterocycles. The third-order valence-corrected chi connectivity index (χ3v) is 15.1. The molecular formula is C45H62F3N3O7Si. The molecule has 1 fully saturated rings. The second-order valence-electron chi connectivity index (χ2n) is 18.7. The van der Waals surface area contributed by atoms with Crippen molar-refractivity contribution in [1.29, 1.82) is 0 Å². The number of hydrogen-bond acceptors (Lipinski definition) is 7. The zero-order valence-corrected chi connectivity index (χ0v) is 37.5. The van der Waals surface area contributed by atoms with Crippen molar-refractivity contribution in [2.24, 2.45) is 0 Å². The monoisotopic (exact) mass is 841 g/mol. The van der Waals surface area contributed by atoms with E-state index >= 15 is 4.39 Å². The molecule has 59 heavy (non-hydrogen) atoms. The van der Waals surface area contributed by atoms with Gasteiger partial charge in [0, 0.05) is 17.2 Å². The quantitative estimate of drug-likeness (QED) is 0.175. The minimum Gasteiger partial charge on any atom is -0.444 e. The third-order valence-electron chi connectivity index (χ3n) is 10.6. The smallest absolute Gasteiger partial charge is 0.410 e. The Hall–Kier alpha value is -4.40. The van der Waals surface area contributed by atoms with E-state index in [1.807, 2.05) is 6.92 Å². The molecule has 1 heterocycles. The molecule has 2 N–H and O–H groups in total. The lowest BCUT2D eigenvalue weighted by Gasteiger charge is -2.45. The number of carbonyl (C=O) groups excluding carboxylic acids is 3. The number of amides is 3. The summed E-state index contributed by atoms with van der Waals surface area (Å²) < 4.78 is 68.4. The van der Waals surface area contributed by atoms with Gasteiger partial charge in [-0.15, -0.1) is 0 Å². The van der Waals surface area contributed by atoms with E-state index in [-0.39, 0.29) is 42.3 Å². The first-order chi connectivity index (χ1) is 27.2. The molecule has 1 aliphatic heterocycles. The van der Waals surface area contributed by atoms with Crippen LogP contribution < -0.4 is 10.6 Å². The van der Waals surface area contributed by atoms with Crippen LogP contribution in [0.2, 0.25) is 18.1 Å². The average molecular weight is 842 g/mol. The molecule has 1 aliphatic rings. The van der Waals surface area contributed by atoms with Gasteiger partial charge in [0.25, 0.3) is 0 Å². The number of morpholine rings is 1. The molecule has 0 aliphatic carbocycles. The largest absolute Gasteiger partial charge is 0.444 e. The van der Waals surface area contributed by atoms with Gasteiger partial charge in [-0.3, -0.25) is 9.69 Å². The van der Waals surface area contributed by atoms with E-state index in [4.69, 9.17) is 18.6 Å². The van der Waals surface area contributed by atoms with Crippen molar-refractivity contribution in [2.45, 2.75) is 142 Å². The number of halogens is 3. The maximum Gasteiger partial charge on any atom is 0.410 e. The van der Waals surface area contributed by atoms with Crippen LogP contribution in [-0.4, -0.2) is 80.0 Å². The zero-order chi connectivity index (χ0) is 44.1. The topological polar surface area (TPSA) is 115 Å². The van der Waals surface area contributed by atoms with Crippen molar-refractivity contribution in [3.8, 4) is 0 Å². The summed E-state index contributed by atoms with van der Waals surface area (Å²) in [4.78, 5) is 43.1. The van der Waals surface area contributed by atoms with Gasteiger partial charge in [0.05, 0.1) is 31.4 Å². The molecule has 3 aromatic rings. The Morgan fingerprint density at radius 2 is 1.37 bits per heavy atom. The summed E-state index contributed by atoms with van der Waals surface area (Å²) in [5, 5.41) is 5.45. The van der Waals surface area contributed by atoms with Gasteiger partial charge in [-0.25, -0.2) is 22.8 Å². The van der Waals surface area contributed by atoms with Crippen LogP contribution in [0.1, 0.15) is 98.3 Å². The Kier molecular flexibility index (Phi) is 15.1. The van der Waals surface area contributed by atoms with Gasteiger partial charge in [0.2, 0.25) is 5.91 Å². The minimum absolute atomic E-state index is 0.0490. The van der Waals surface area contributed by atoms with Gasteiger partial charge in [-0.2, -0.15) is 0 Å². The maximum atomic E-state index is 15.8. The first kappa shape index (κ1) is 47.3. The van der Waals surface area contributed by atoms with Gasteiger partial charge in [-0.1, -0.05) is 51.1 Å². The summed E-state index contributed by atoms with van der Waals surface area (Å²) in [6.07, 6.45) is -1.99. The van der Waals surface area contributed by atoms with Crippen LogP contribution in [0.4, 0.5) is 28.4 Å². The standard InChI is InChI=1S/C45H62F3N3O7Si/c1-28-37(27-55-59(11,12)45(8,9)10)51(42(54)58-44(5,6)7)26-33(56-28)24-25-34-35(48)14-13-15-36(34)49-40(52)39(50-41(53)57-43(2,3)4)38(29-16-20-31(46)21-17-29)30-18-22-32(47)23-19-30/h13-23,28,33,37-39H,24-27H2,1-12H3,(H,49,52)(H,50,53)/t28-,33+,37+,39-/m0/s1. The van der Waals surface area contributed by atoms with Gasteiger partial charge >= 0.3 is 12.2 Å². The fraction of sp³-hybridized carbons (Fsp3) is 0.533. The van der Waals surface area contributed by atoms with Gasteiger partial charge in [0.1, 0.15) is 34.7 Å². The van der Waals surface area contributed by atoms with Crippen LogP contribution in [0.3, 0.4) is 0 Å². The Labute approximate surface area is 348 Å². The van der Waals surface area contributed by atoms with Crippen LogP contribution in [0.5, 0.6) is 0 Å². The van der Waals surface area contributed by atoms with E-state index in [0.717, 1.165) is 0 Å². The first-order valence-corrected chi connectivity index (χ1v) is 23.0. The van der Waals surface area contributed by atoms with Crippen LogP contribution in [0, 0.1) is 17.5 Å². The van der Waals surface area contributed by atoms with Crippen LogP contribution in [-0.2, 0) is 29.9 Å². The molecule has 4 rings (SSSR count). The summed E-state index contributed by atoms with van der Waals surface area (Å²) >= 11 is 0. The predicted molar refractivity (Wildman–Crippen MR) is 225 cm³/mol. The molecule has 0 bridgehead atoms. The molecule has 0 spiro atoms. The summed E-state index contributed by atoms with van der Waals surface area (Å²) in [5.74, 6) is -3.30. The van der Waals surface area contributed by atoms with Crippen molar-refractivity contribution in [2.75, 3.05) is 18.5 Å². The number of nitrogens with one attached hydrogen (secondary N) is 2. The summed E-state index contributed by atoms with van der Waals surface area (Å²) in [6.45, 7) is 23.5. The van der Waals surface area contributed by atoms with Crippen LogP contribution in [0.25, 0.3) is 0 Å². The summed E-state index contributed by atoms with van der Waals surface area (Å²) in [5.41, 5.74) is -0.448. The van der Waals surface area contributed by atoms with E-state index in [1.165, 1.54) is 60.7 Å². The highest BCUT2D eigenvalue weighted by Crippen LogP contribution is 2.38. The number of alkyl carbamates (subject to hydrolysis) is 1. The van der Waals surface area contributed by atoms with Gasteiger partial charge in [0.15, 0.2) is 8.32 Å². The molecule has 4 atom stereocenters. The van der Waals surface area contributed by atoms with Crippen molar-refractivity contribution in [3.05, 3.63) is 101 Å². The molecule has 0 saturated carbocycles. The molecule has 0 unspecified atom stereocenters. The lowest BCUT2D eigenvalue weighted by Crippen LogP contribution is -2.60. The second kappa shape index (κ2) is 18.9. The lowest BCUT2D eigenvalue weighted by molar-refractivity contribution is -0.121. The van der Waals surface area contributed by atoms with Crippen molar-refractivity contribution < 1.29 is 46.2 Å². The highest BCUT2D eigenvalue weighted by atomic mass is 28.4. The van der Waals surface area contributed by atoms with E-state index in [9.17, 15) is 23.2 Å². The Morgan fingerprint density at radius 3 is 1.88 bits per heavy atom. The van der Waals surface area contributed by atoms with E-state index in [2.05, 4.69) is 44.5 Å². The zero-order valence-electron chi connectivity index (χ0n) is 36.5. The molecule has 324 valence electrons. The summed E-state index contributed by atoms with van der Waals surface area (Å²) in [6, 6.07) is 13.3. The molecule has 3 amide bonds. The van der Waals surface area contributed by atoms with E-state index < -0.39 is 85.3 Å². The third kappa shape index (κ3) is 13.3.